The Morgan fingerprint density at radius 2 is 1.96 bits per heavy atom. The molecule has 0 aromatic heterocycles. The van der Waals surface area contributed by atoms with Crippen LogP contribution in [0.5, 0.6) is 11.5 Å². The Bertz CT molecular complexity index is 744. The molecule has 0 fully saturated rings. The van der Waals surface area contributed by atoms with Crippen molar-refractivity contribution in [2.45, 2.75) is 6.10 Å². The van der Waals surface area contributed by atoms with Crippen LogP contribution in [-0.2, 0) is 9.45 Å². The second kappa shape index (κ2) is 6.28. The van der Waals surface area contributed by atoms with Crippen LogP contribution >= 0.6 is 0 Å². The maximum absolute atomic E-state index is 12.3. The van der Waals surface area contributed by atoms with Gasteiger partial charge in [-0.3, -0.25) is 0 Å². The molecule has 1 unspecified atom stereocenters. The number of hydrogen-bond donors (Lipinski definition) is 1. The monoisotopic (exact) mass is 310 g/mol. The highest BCUT2D eigenvalue weighted by atomic mass is 16.6. The average molecular weight is 310 g/mol. The second-order valence-electron chi connectivity index (χ2n) is 5.09. The molecule has 1 atom stereocenters. The molecule has 0 saturated heterocycles. The SMILES string of the molecule is C=C(C(=O)Oc1ccccc1)C1OB(O)c2ccc(OC)cc21. The van der Waals surface area contributed by atoms with Crippen LogP contribution in [-0.4, -0.2) is 25.2 Å². The molecule has 1 heterocycles. The first kappa shape index (κ1) is 15.3. The Balaban J connectivity index is 1.83. The predicted molar refractivity (Wildman–Crippen MR) is 85.6 cm³/mol. The summed E-state index contributed by atoms with van der Waals surface area (Å²) < 4.78 is 15.9. The van der Waals surface area contributed by atoms with E-state index < -0.39 is 19.2 Å². The van der Waals surface area contributed by atoms with E-state index in [-0.39, 0.29) is 5.57 Å². The van der Waals surface area contributed by atoms with E-state index in [1.165, 1.54) is 0 Å². The van der Waals surface area contributed by atoms with Crippen LogP contribution in [0.4, 0.5) is 0 Å². The van der Waals surface area contributed by atoms with E-state index >= 15 is 0 Å². The predicted octanol–water partition coefficient (Wildman–Crippen LogP) is 1.62. The van der Waals surface area contributed by atoms with Crippen molar-refractivity contribution in [1.29, 1.82) is 0 Å². The van der Waals surface area contributed by atoms with Crippen molar-refractivity contribution in [2.75, 3.05) is 7.11 Å². The molecule has 5 nitrogen and oxygen atoms in total. The Kier molecular flexibility index (Phi) is 4.19. The van der Waals surface area contributed by atoms with Crippen LogP contribution in [0.1, 0.15) is 11.7 Å². The lowest BCUT2D eigenvalue weighted by molar-refractivity contribution is -0.131. The van der Waals surface area contributed by atoms with E-state index in [2.05, 4.69) is 6.58 Å². The number of esters is 1. The van der Waals surface area contributed by atoms with Gasteiger partial charge in [0.15, 0.2) is 0 Å². The summed E-state index contributed by atoms with van der Waals surface area (Å²) in [7, 11) is 0.434. The molecule has 0 radical (unpaired) electrons. The lowest BCUT2D eigenvalue weighted by Crippen LogP contribution is -2.27. The van der Waals surface area contributed by atoms with E-state index in [0.717, 1.165) is 0 Å². The lowest BCUT2D eigenvalue weighted by Gasteiger charge is -2.15. The average Bonchev–Trinajstić information content (AvgIpc) is 2.91. The minimum Gasteiger partial charge on any atom is -0.497 e. The standard InChI is InChI=1S/C17H15BO5/c1-11(17(19)22-12-6-4-3-5-7-12)16-14-10-13(21-2)8-9-15(14)18(20)23-16/h3-10,16,20H,1H2,2H3. The lowest BCUT2D eigenvalue weighted by atomic mass is 9.79. The molecule has 2 aromatic carbocycles. The maximum atomic E-state index is 12.3. The first-order valence-electron chi connectivity index (χ1n) is 7.07. The van der Waals surface area contributed by atoms with Crippen molar-refractivity contribution >= 4 is 18.6 Å². The molecule has 3 rings (SSSR count). The van der Waals surface area contributed by atoms with Gasteiger partial charge in [0, 0.05) is 0 Å². The molecule has 0 saturated carbocycles. The van der Waals surface area contributed by atoms with Gasteiger partial charge >= 0.3 is 13.1 Å². The molecule has 1 aliphatic heterocycles. The van der Waals surface area contributed by atoms with Gasteiger partial charge in [0.25, 0.3) is 0 Å². The Hall–Kier alpha value is -2.57. The molecular formula is C17H15BO5. The molecule has 116 valence electrons. The van der Waals surface area contributed by atoms with Crippen LogP contribution < -0.4 is 14.9 Å². The normalized spacial score (nSPS) is 15.9. The highest BCUT2D eigenvalue weighted by Gasteiger charge is 2.39. The summed E-state index contributed by atoms with van der Waals surface area (Å²) in [5, 5.41) is 9.98. The van der Waals surface area contributed by atoms with Crippen LogP contribution in [0.2, 0.25) is 0 Å². The minimum absolute atomic E-state index is 0.111. The van der Waals surface area contributed by atoms with Gasteiger partial charge in [-0.2, -0.15) is 0 Å². The van der Waals surface area contributed by atoms with Crippen LogP contribution in [0.15, 0.2) is 60.7 Å². The van der Waals surface area contributed by atoms with E-state index in [0.29, 0.717) is 22.5 Å². The fourth-order valence-corrected chi connectivity index (χ4v) is 2.45. The molecule has 2 aromatic rings. The molecule has 6 heteroatoms. The molecule has 0 aliphatic carbocycles. The van der Waals surface area contributed by atoms with Crippen LogP contribution in [0, 0.1) is 0 Å². The third-order valence-electron chi connectivity index (χ3n) is 3.64. The van der Waals surface area contributed by atoms with E-state index in [1.807, 2.05) is 6.07 Å². The third-order valence-corrected chi connectivity index (χ3v) is 3.64. The fourth-order valence-electron chi connectivity index (χ4n) is 2.45. The largest absolute Gasteiger partial charge is 0.497 e. The first-order valence-corrected chi connectivity index (χ1v) is 7.07. The summed E-state index contributed by atoms with van der Waals surface area (Å²) in [6.07, 6.45) is -0.772. The number of hydrogen-bond acceptors (Lipinski definition) is 5. The highest BCUT2D eigenvalue weighted by Crippen LogP contribution is 2.32. The number of ether oxygens (including phenoxy) is 2. The number of fused-ring (bicyclic) bond motifs is 1. The van der Waals surface area contributed by atoms with Crippen LogP contribution in [0.3, 0.4) is 0 Å². The van der Waals surface area contributed by atoms with Gasteiger partial charge in [-0.1, -0.05) is 30.8 Å². The zero-order valence-electron chi connectivity index (χ0n) is 12.6. The van der Waals surface area contributed by atoms with Crippen molar-refractivity contribution in [3.05, 3.63) is 66.2 Å². The zero-order chi connectivity index (χ0) is 16.4. The zero-order valence-corrected chi connectivity index (χ0v) is 12.6. The topological polar surface area (TPSA) is 65.0 Å². The Labute approximate surface area is 134 Å². The molecule has 0 amide bonds. The molecule has 1 N–H and O–H groups in total. The summed E-state index contributed by atoms with van der Waals surface area (Å²) in [5.41, 5.74) is 1.34. The van der Waals surface area contributed by atoms with E-state index in [9.17, 15) is 9.82 Å². The molecule has 0 bridgehead atoms. The van der Waals surface area contributed by atoms with Gasteiger partial charge < -0.3 is 19.2 Å². The molecule has 1 aliphatic rings. The summed E-state index contributed by atoms with van der Waals surface area (Å²) in [6, 6.07) is 13.8. The highest BCUT2D eigenvalue weighted by molar-refractivity contribution is 6.61. The summed E-state index contributed by atoms with van der Waals surface area (Å²) in [5.74, 6) is 0.419. The van der Waals surface area contributed by atoms with Gasteiger partial charge in [-0.15, -0.1) is 0 Å². The molecule has 0 spiro atoms. The van der Waals surface area contributed by atoms with Crippen molar-refractivity contribution in [3.63, 3.8) is 0 Å². The number of carbonyl (C=O) groups excluding carboxylic acids is 1. The number of para-hydroxylation sites is 1. The van der Waals surface area contributed by atoms with Gasteiger partial charge in [0.1, 0.15) is 17.6 Å². The van der Waals surface area contributed by atoms with Crippen molar-refractivity contribution in [1.82, 2.24) is 0 Å². The number of methoxy groups -OCH3 is 1. The smallest absolute Gasteiger partial charge is 0.492 e. The maximum Gasteiger partial charge on any atom is 0.492 e. The van der Waals surface area contributed by atoms with Crippen molar-refractivity contribution in [2.24, 2.45) is 0 Å². The Morgan fingerprint density at radius 3 is 2.65 bits per heavy atom. The first-order chi connectivity index (χ1) is 11.1. The number of benzene rings is 2. The quantitative estimate of drug-likeness (QED) is 0.402. The Morgan fingerprint density at radius 1 is 1.22 bits per heavy atom. The fraction of sp³-hybridized carbons (Fsp3) is 0.118. The summed E-state index contributed by atoms with van der Waals surface area (Å²) in [6.45, 7) is 3.77. The molecule has 23 heavy (non-hydrogen) atoms. The van der Waals surface area contributed by atoms with Gasteiger partial charge in [-0.05, 0) is 35.3 Å². The number of rotatable bonds is 4. The minimum atomic E-state index is -1.11. The van der Waals surface area contributed by atoms with E-state index in [4.69, 9.17) is 14.1 Å². The van der Waals surface area contributed by atoms with E-state index in [1.54, 1.807) is 49.6 Å². The third kappa shape index (κ3) is 2.99. The molecular weight excluding hydrogens is 295 g/mol. The summed E-state index contributed by atoms with van der Waals surface area (Å²) in [4.78, 5) is 12.3. The van der Waals surface area contributed by atoms with Gasteiger partial charge in [-0.25, -0.2) is 4.79 Å². The van der Waals surface area contributed by atoms with Gasteiger partial charge in [0.05, 0.1) is 12.7 Å². The van der Waals surface area contributed by atoms with Crippen molar-refractivity contribution < 1.29 is 23.9 Å². The summed E-state index contributed by atoms with van der Waals surface area (Å²) >= 11 is 0. The van der Waals surface area contributed by atoms with Gasteiger partial charge in [0.2, 0.25) is 0 Å². The number of carbonyl (C=O) groups is 1. The van der Waals surface area contributed by atoms with Crippen LogP contribution in [0.25, 0.3) is 0 Å². The second-order valence-corrected chi connectivity index (χ2v) is 5.09. The van der Waals surface area contributed by atoms with Crippen molar-refractivity contribution in [3.8, 4) is 11.5 Å².